The molecular weight excluding hydrogens is 464 g/mol. The van der Waals surface area contributed by atoms with E-state index in [1.807, 2.05) is 11.8 Å². The van der Waals surface area contributed by atoms with Crippen LogP contribution in [-0.2, 0) is 24.0 Å². The van der Waals surface area contributed by atoms with Crippen molar-refractivity contribution < 1.29 is 29.1 Å². The summed E-state index contributed by atoms with van der Waals surface area (Å²) in [7, 11) is 0. The van der Waals surface area contributed by atoms with Gasteiger partial charge in [-0.1, -0.05) is 13.3 Å². The number of likely N-dealkylation sites (N-methyl/N-ethyl adjacent to an activating group) is 1. The molecule has 0 saturated carbocycles. The first-order valence-electron chi connectivity index (χ1n) is 11.6. The maximum atomic E-state index is 12.5. The van der Waals surface area contributed by atoms with E-state index in [1.165, 1.54) is 0 Å². The molecule has 1 fully saturated rings. The average molecular weight is 503 g/mol. The molecule has 0 bridgehead atoms. The van der Waals surface area contributed by atoms with Crippen LogP contribution in [0.4, 0.5) is 0 Å². The van der Waals surface area contributed by atoms with Crippen LogP contribution >= 0.6 is 11.8 Å². The minimum Gasteiger partial charge on any atom is -0.480 e. The zero-order valence-electron chi connectivity index (χ0n) is 19.8. The number of carboxylic acids is 1. The van der Waals surface area contributed by atoms with Gasteiger partial charge in [-0.25, -0.2) is 0 Å². The Hall–Kier alpha value is -2.22. The summed E-state index contributed by atoms with van der Waals surface area (Å²) < 4.78 is 0. The summed E-state index contributed by atoms with van der Waals surface area (Å²) >= 11 is 1.16. The van der Waals surface area contributed by atoms with Gasteiger partial charge in [-0.2, -0.15) is 0 Å². The number of carboxylic acid groups (broad SMARTS) is 1. The van der Waals surface area contributed by atoms with E-state index in [1.54, 1.807) is 0 Å². The van der Waals surface area contributed by atoms with Gasteiger partial charge in [0.15, 0.2) is 0 Å². The van der Waals surface area contributed by atoms with Crippen molar-refractivity contribution in [1.82, 2.24) is 25.8 Å². The van der Waals surface area contributed by atoms with Crippen molar-refractivity contribution in [2.24, 2.45) is 5.73 Å². The first-order valence-corrected chi connectivity index (χ1v) is 12.7. The number of nitrogens with zero attached hydrogens (tertiary/aromatic N) is 2. The molecule has 194 valence electrons. The zero-order valence-corrected chi connectivity index (χ0v) is 20.7. The summed E-state index contributed by atoms with van der Waals surface area (Å²) in [6, 6.07) is 0. The largest absolute Gasteiger partial charge is 0.480 e. The molecule has 1 aliphatic heterocycles. The molecule has 12 nitrogen and oxygen atoms in total. The van der Waals surface area contributed by atoms with Gasteiger partial charge >= 0.3 is 5.97 Å². The monoisotopic (exact) mass is 502 g/mol. The number of rotatable bonds is 19. The second kappa shape index (κ2) is 17.2. The molecule has 1 heterocycles. The van der Waals surface area contributed by atoms with Crippen LogP contribution in [0.25, 0.3) is 0 Å². The molecule has 1 atom stereocenters. The van der Waals surface area contributed by atoms with Gasteiger partial charge in [0.1, 0.15) is 0 Å². The number of hydrogen-bond donors (Lipinski definition) is 5. The van der Waals surface area contributed by atoms with Crippen molar-refractivity contribution >= 4 is 41.4 Å². The molecule has 1 unspecified atom stereocenters. The Balaban J connectivity index is 2.27. The van der Waals surface area contributed by atoms with Gasteiger partial charge in [0, 0.05) is 39.1 Å². The third kappa shape index (κ3) is 12.3. The van der Waals surface area contributed by atoms with E-state index in [-0.39, 0.29) is 62.0 Å². The van der Waals surface area contributed by atoms with E-state index in [4.69, 9.17) is 10.8 Å². The fraction of sp³-hybridized carbons (Fsp3) is 0.762. The Morgan fingerprint density at radius 2 is 1.85 bits per heavy atom. The van der Waals surface area contributed by atoms with E-state index in [0.29, 0.717) is 32.7 Å². The number of carbonyl (C=O) groups excluding carboxylic acids is 4. The summed E-state index contributed by atoms with van der Waals surface area (Å²) in [6.07, 6.45) is 2.77. The van der Waals surface area contributed by atoms with Gasteiger partial charge < -0.3 is 26.8 Å². The molecule has 0 aromatic heterocycles. The summed E-state index contributed by atoms with van der Waals surface area (Å²) in [5.41, 5.74) is 5.43. The molecule has 0 aromatic rings. The smallest absolute Gasteiger partial charge is 0.317 e. The van der Waals surface area contributed by atoms with Gasteiger partial charge in [-0.05, 0) is 25.9 Å². The van der Waals surface area contributed by atoms with Gasteiger partial charge in [0.25, 0.3) is 0 Å². The zero-order chi connectivity index (χ0) is 25.3. The number of nitrogens with one attached hydrogen (secondary N) is 3. The molecule has 13 heteroatoms. The first-order chi connectivity index (χ1) is 16.3. The lowest BCUT2D eigenvalue weighted by Gasteiger charge is -2.20. The molecular formula is C21H38N6O6S. The highest BCUT2D eigenvalue weighted by molar-refractivity contribution is 8.01. The highest BCUT2D eigenvalue weighted by atomic mass is 32.2. The topological polar surface area (TPSA) is 174 Å². The molecule has 4 amide bonds. The van der Waals surface area contributed by atoms with Crippen LogP contribution in [0.2, 0.25) is 0 Å². The van der Waals surface area contributed by atoms with E-state index in [2.05, 4.69) is 16.0 Å². The highest BCUT2D eigenvalue weighted by Gasteiger charge is 2.38. The quantitative estimate of drug-likeness (QED) is 0.100. The average Bonchev–Trinajstić information content (AvgIpc) is 3.06. The Morgan fingerprint density at radius 1 is 1.12 bits per heavy atom. The number of hydrogen-bond acceptors (Lipinski definition) is 9. The van der Waals surface area contributed by atoms with E-state index < -0.39 is 11.2 Å². The number of imide groups is 1. The third-order valence-electron chi connectivity index (χ3n) is 5.17. The van der Waals surface area contributed by atoms with Gasteiger partial charge in [-0.15, -0.1) is 11.8 Å². The molecule has 0 spiro atoms. The second-order valence-electron chi connectivity index (χ2n) is 7.88. The van der Waals surface area contributed by atoms with E-state index in [9.17, 15) is 24.0 Å². The molecule has 1 aliphatic rings. The molecule has 1 rings (SSSR count). The lowest BCUT2D eigenvalue weighted by Crippen LogP contribution is -2.43. The van der Waals surface area contributed by atoms with Crippen LogP contribution < -0.4 is 21.7 Å². The lowest BCUT2D eigenvalue weighted by molar-refractivity contribution is -0.139. The predicted molar refractivity (Wildman–Crippen MR) is 129 cm³/mol. The van der Waals surface area contributed by atoms with Gasteiger partial charge in [0.05, 0.1) is 24.1 Å². The van der Waals surface area contributed by atoms with E-state index in [0.717, 1.165) is 35.9 Å². The van der Waals surface area contributed by atoms with Crippen LogP contribution in [-0.4, -0.2) is 114 Å². The Morgan fingerprint density at radius 3 is 2.53 bits per heavy atom. The number of nitrogens with two attached hydrogens (primary N) is 1. The van der Waals surface area contributed by atoms with Crippen LogP contribution in [0.1, 0.15) is 32.6 Å². The number of unbranched alkanes of at least 4 members (excludes halogenated alkanes) is 2. The van der Waals surface area contributed by atoms with Crippen LogP contribution in [0.5, 0.6) is 0 Å². The summed E-state index contributed by atoms with van der Waals surface area (Å²) in [5, 5.41) is 16.3. The number of likely N-dealkylation sites (tertiary alicyclic amines) is 1. The van der Waals surface area contributed by atoms with Crippen LogP contribution in [0, 0.1) is 0 Å². The van der Waals surface area contributed by atoms with Gasteiger partial charge in [0.2, 0.25) is 23.6 Å². The van der Waals surface area contributed by atoms with Gasteiger partial charge in [-0.3, -0.25) is 33.8 Å². The number of amides is 4. The van der Waals surface area contributed by atoms with Crippen LogP contribution in [0.3, 0.4) is 0 Å². The van der Waals surface area contributed by atoms with Crippen molar-refractivity contribution in [3.05, 3.63) is 0 Å². The minimum absolute atomic E-state index is 0.0498. The Labute approximate surface area is 204 Å². The number of thioether (sulfide) groups is 1. The van der Waals surface area contributed by atoms with Crippen molar-refractivity contribution in [2.45, 2.75) is 37.9 Å². The van der Waals surface area contributed by atoms with E-state index >= 15 is 0 Å². The van der Waals surface area contributed by atoms with Crippen molar-refractivity contribution in [3.63, 3.8) is 0 Å². The van der Waals surface area contributed by atoms with Crippen molar-refractivity contribution in [2.75, 3.05) is 64.7 Å². The Kier molecular flexibility index (Phi) is 15.1. The lowest BCUT2D eigenvalue weighted by atomic mass is 10.2. The Bertz CT molecular complexity index is 695. The molecule has 1 saturated heterocycles. The maximum Gasteiger partial charge on any atom is 0.317 e. The standard InChI is InChI=1S/C21H38N6O6S/c1-2-26(10-8-23-13-20(31)32)14-17(28)25-9-11-27-19(30)12-16(21(27)33)34-15-18(29)24-7-5-3-4-6-22/h16,23H,2-15,22H2,1H3,(H,24,29)(H,25,28)(H,31,32). The second-order valence-corrected chi connectivity index (χ2v) is 9.07. The molecule has 0 aromatic carbocycles. The van der Waals surface area contributed by atoms with Crippen molar-refractivity contribution in [1.29, 1.82) is 0 Å². The minimum atomic E-state index is -0.940. The normalized spacial score (nSPS) is 15.7. The predicted octanol–water partition coefficient (Wildman–Crippen LogP) is -1.80. The SMILES string of the molecule is CCN(CCNCC(=O)O)CC(=O)NCCN1C(=O)CC(SCC(=O)NCCCCCN)C1=O. The van der Waals surface area contributed by atoms with Crippen LogP contribution in [0.15, 0.2) is 0 Å². The highest BCUT2D eigenvalue weighted by Crippen LogP contribution is 2.24. The maximum absolute atomic E-state index is 12.5. The summed E-state index contributed by atoms with van der Waals surface area (Å²) in [5.74, 6) is -1.88. The molecule has 6 N–H and O–H groups in total. The summed E-state index contributed by atoms with van der Waals surface area (Å²) in [6.45, 7) is 4.89. The number of aliphatic carboxylic acids is 1. The molecule has 34 heavy (non-hydrogen) atoms. The third-order valence-corrected chi connectivity index (χ3v) is 6.37. The fourth-order valence-electron chi connectivity index (χ4n) is 3.27. The summed E-state index contributed by atoms with van der Waals surface area (Å²) in [4.78, 5) is 62.3. The fourth-order valence-corrected chi connectivity index (χ4v) is 4.25. The number of carbonyl (C=O) groups is 5. The molecule has 0 aliphatic carbocycles. The molecule has 0 radical (unpaired) electrons. The first kappa shape index (κ1) is 29.8. The van der Waals surface area contributed by atoms with Crippen molar-refractivity contribution in [3.8, 4) is 0 Å².